The Morgan fingerprint density at radius 2 is 1.56 bits per heavy atom. The van der Waals surface area contributed by atoms with E-state index >= 15 is 0 Å². The number of nitro benzene ring substituents is 1. The molecule has 3 atom stereocenters. The molecular formula is C30H25N3O8. The minimum absolute atomic E-state index is 0.170. The molecule has 0 radical (unpaired) electrons. The Hall–Kier alpha value is -5.16. The molecule has 2 aliphatic rings. The number of carbonyl (C=O) groups is 2. The second-order valence-electron chi connectivity index (χ2n) is 9.53. The highest BCUT2D eigenvalue weighted by Crippen LogP contribution is 2.53. The van der Waals surface area contributed by atoms with Crippen LogP contribution in [-0.4, -0.2) is 44.2 Å². The number of benzene rings is 4. The molecule has 11 heteroatoms. The number of nitrogens with zero attached hydrogens (tertiary/aromatic N) is 3. The first kappa shape index (κ1) is 26.1. The van der Waals surface area contributed by atoms with Crippen molar-refractivity contribution in [2.45, 2.75) is 12.1 Å². The van der Waals surface area contributed by atoms with Gasteiger partial charge in [-0.3, -0.25) is 24.5 Å². The molecule has 4 aromatic rings. The molecule has 0 aromatic heterocycles. The van der Waals surface area contributed by atoms with Gasteiger partial charge in [0, 0.05) is 23.1 Å². The van der Waals surface area contributed by atoms with Gasteiger partial charge in [0.1, 0.15) is 12.0 Å². The maximum absolute atomic E-state index is 14.2. The molecule has 2 aliphatic heterocycles. The molecule has 0 saturated carbocycles. The van der Waals surface area contributed by atoms with E-state index in [9.17, 15) is 19.7 Å². The van der Waals surface area contributed by atoms with E-state index < -0.39 is 34.8 Å². The Kier molecular flexibility index (Phi) is 6.43. The summed E-state index contributed by atoms with van der Waals surface area (Å²) in [5.74, 6) is -1.04. The van der Waals surface area contributed by atoms with Crippen molar-refractivity contribution in [3.8, 4) is 17.2 Å². The van der Waals surface area contributed by atoms with Gasteiger partial charge in [-0.25, -0.2) is 9.96 Å². The van der Waals surface area contributed by atoms with Crippen LogP contribution < -0.4 is 24.2 Å². The zero-order chi connectivity index (χ0) is 28.8. The fraction of sp³-hybridized carbons (Fsp3) is 0.200. The number of hydroxylamine groups is 1. The molecule has 11 nitrogen and oxygen atoms in total. The van der Waals surface area contributed by atoms with Crippen molar-refractivity contribution >= 4 is 39.6 Å². The molecule has 2 amide bonds. The number of rotatable bonds is 7. The van der Waals surface area contributed by atoms with Crippen LogP contribution in [0.3, 0.4) is 0 Å². The summed E-state index contributed by atoms with van der Waals surface area (Å²) >= 11 is 0. The van der Waals surface area contributed by atoms with Crippen molar-refractivity contribution in [2.24, 2.45) is 5.92 Å². The zero-order valence-corrected chi connectivity index (χ0v) is 22.3. The van der Waals surface area contributed by atoms with Crippen molar-refractivity contribution in [3.05, 3.63) is 94.5 Å². The minimum Gasteiger partial charge on any atom is -0.493 e. The van der Waals surface area contributed by atoms with Gasteiger partial charge in [-0.2, -0.15) is 0 Å². The van der Waals surface area contributed by atoms with Crippen LogP contribution in [0.1, 0.15) is 11.6 Å². The van der Waals surface area contributed by atoms with Crippen molar-refractivity contribution in [3.63, 3.8) is 0 Å². The Balaban J connectivity index is 1.53. The van der Waals surface area contributed by atoms with Crippen molar-refractivity contribution < 1.29 is 33.6 Å². The van der Waals surface area contributed by atoms with E-state index in [1.807, 2.05) is 30.3 Å². The quantitative estimate of drug-likeness (QED) is 0.179. The maximum atomic E-state index is 14.2. The molecule has 6 rings (SSSR count). The summed E-state index contributed by atoms with van der Waals surface area (Å²) in [5, 5.41) is 14.6. The standard InChI is InChI=1S/C30H25N3O8/c1-38-23-15-14-21(26(39-2)27(23)40-3)25-24-28(41-32(25)18-10-7-11-19(16-18)33(36)37)30(35)31(29(24)34)22-13-6-9-17-8-4-5-12-20(17)22/h4-16,24-25,28H,1-3H3/t24-,25+,28+/m0/s1. The molecule has 0 aliphatic carbocycles. The number of hydrogen-bond acceptors (Lipinski definition) is 9. The number of methoxy groups -OCH3 is 3. The lowest BCUT2D eigenvalue weighted by molar-refractivity contribution is -0.384. The van der Waals surface area contributed by atoms with E-state index in [-0.39, 0.29) is 17.2 Å². The second kappa shape index (κ2) is 10.1. The first-order valence-corrected chi connectivity index (χ1v) is 12.7. The highest BCUT2D eigenvalue weighted by molar-refractivity contribution is 6.26. The Morgan fingerprint density at radius 1 is 0.829 bits per heavy atom. The highest BCUT2D eigenvalue weighted by atomic mass is 16.7. The summed E-state index contributed by atoms with van der Waals surface area (Å²) in [4.78, 5) is 46.6. The van der Waals surface area contributed by atoms with Crippen LogP contribution in [0.15, 0.2) is 78.9 Å². The summed E-state index contributed by atoms with van der Waals surface area (Å²) in [7, 11) is 4.40. The number of imide groups is 1. The van der Waals surface area contributed by atoms with Gasteiger partial charge in [-0.1, -0.05) is 42.5 Å². The van der Waals surface area contributed by atoms with E-state index in [1.54, 1.807) is 30.3 Å². The molecule has 4 aromatic carbocycles. The third-order valence-corrected chi connectivity index (χ3v) is 7.47. The van der Waals surface area contributed by atoms with Gasteiger partial charge in [-0.05, 0) is 29.7 Å². The molecule has 2 heterocycles. The molecule has 0 N–H and O–H groups in total. The number of carbonyl (C=O) groups excluding carboxylic acids is 2. The van der Waals surface area contributed by atoms with E-state index in [0.717, 1.165) is 10.8 Å². The number of hydrogen-bond donors (Lipinski definition) is 0. The summed E-state index contributed by atoms with van der Waals surface area (Å²) < 4.78 is 16.8. The van der Waals surface area contributed by atoms with Gasteiger partial charge < -0.3 is 14.2 Å². The number of nitro groups is 1. The molecular weight excluding hydrogens is 530 g/mol. The number of anilines is 2. The van der Waals surface area contributed by atoms with Gasteiger partial charge in [0.05, 0.1) is 37.6 Å². The molecule has 208 valence electrons. The van der Waals surface area contributed by atoms with E-state index in [2.05, 4.69) is 0 Å². The smallest absolute Gasteiger partial charge is 0.271 e. The lowest BCUT2D eigenvalue weighted by atomic mass is 9.89. The van der Waals surface area contributed by atoms with Gasteiger partial charge in [-0.15, -0.1) is 0 Å². The normalized spacial score (nSPS) is 19.9. The Morgan fingerprint density at radius 3 is 2.29 bits per heavy atom. The number of ether oxygens (including phenoxy) is 3. The first-order valence-electron chi connectivity index (χ1n) is 12.7. The fourth-order valence-electron chi connectivity index (χ4n) is 5.70. The number of amides is 2. The third kappa shape index (κ3) is 4.01. The monoisotopic (exact) mass is 555 g/mol. The van der Waals surface area contributed by atoms with Crippen LogP contribution in [0, 0.1) is 16.0 Å². The Bertz CT molecular complexity index is 1700. The number of non-ortho nitro benzene ring substituents is 1. The van der Waals surface area contributed by atoms with Crippen LogP contribution in [-0.2, 0) is 14.4 Å². The molecule has 2 saturated heterocycles. The SMILES string of the molecule is COc1ccc([C@@H]2[C@@H]3C(=O)N(c4cccc5ccccc45)C(=O)[C@@H]3ON2c2cccc([N+](=O)[O-])c2)c(OC)c1OC. The number of fused-ring (bicyclic) bond motifs is 2. The van der Waals surface area contributed by atoms with Crippen LogP contribution in [0.5, 0.6) is 17.2 Å². The topological polar surface area (TPSA) is 121 Å². The predicted octanol–water partition coefficient (Wildman–Crippen LogP) is 4.82. The van der Waals surface area contributed by atoms with Crippen LogP contribution in [0.2, 0.25) is 0 Å². The van der Waals surface area contributed by atoms with Crippen LogP contribution >= 0.6 is 0 Å². The average Bonchev–Trinajstić information content (AvgIpc) is 3.51. The zero-order valence-electron chi connectivity index (χ0n) is 22.3. The molecule has 2 fully saturated rings. The summed E-state index contributed by atoms with van der Waals surface area (Å²) in [6.07, 6.45) is -1.19. The summed E-state index contributed by atoms with van der Waals surface area (Å²) in [6.45, 7) is 0. The van der Waals surface area contributed by atoms with E-state index in [1.165, 1.54) is 49.5 Å². The molecule has 0 bridgehead atoms. The van der Waals surface area contributed by atoms with E-state index in [4.69, 9.17) is 19.0 Å². The van der Waals surface area contributed by atoms with Gasteiger partial charge in [0.2, 0.25) is 11.7 Å². The van der Waals surface area contributed by atoms with Crippen molar-refractivity contribution in [2.75, 3.05) is 31.3 Å². The van der Waals surface area contributed by atoms with Gasteiger partial charge in [0.25, 0.3) is 11.6 Å². The van der Waals surface area contributed by atoms with Crippen molar-refractivity contribution in [1.82, 2.24) is 0 Å². The highest BCUT2D eigenvalue weighted by Gasteiger charge is 2.61. The first-order chi connectivity index (χ1) is 19.9. The summed E-state index contributed by atoms with van der Waals surface area (Å²) in [6, 6.07) is 21.2. The lowest BCUT2D eigenvalue weighted by Gasteiger charge is -2.30. The largest absolute Gasteiger partial charge is 0.493 e. The van der Waals surface area contributed by atoms with Crippen LogP contribution in [0.25, 0.3) is 10.8 Å². The minimum atomic E-state index is -1.19. The molecule has 41 heavy (non-hydrogen) atoms. The van der Waals surface area contributed by atoms with Gasteiger partial charge >= 0.3 is 0 Å². The van der Waals surface area contributed by atoms with Crippen molar-refractivity contribution in [1.29, 1.82) is 0 Å². The second-order valence-corrected chi connectivity index (χ2v) is 9.53. The van der Waals surface area contributed by atoms with Gasteiger partial charge in [0.15, 0.2) is 17.6 Å². The van der Waals surface area contributed by atoms with Crippen LogP contribution in [0.4, 0.5) is 17.1 Å². The third-order valence-electron chi connectivity index (χ3n) is 7.47. The Labute approximate surface area is 234 Å². The molecule has 0 unspecified atom stereocenters. The fourth-order valence-corrected chi connectivity index (χ4v) is 5.70. The maximum Gasteiger partial charge on any atom is 0.271 e. The summed E-state index contributed by atoms with van der Waals surface area (Å²) in [5.41, 5.74) is 1.06. The predicted molar refractivity (Wildman–Crippen MR) is 149 cm³/mol. The molecule has 0 spiro atoms. The van der Waals surface area contributed by atoms with E-state index in [0.29, 0.717) is 22.7 Å². The average molecular weight is 556 g/mol. The lowest BCUT2D eigenvalue weighted by Crippen LogP contribution is -2.37.